The van der Waals surface area contributed by atoms with Crippen molar-refractivity contribution >= 4 is 10.9 Å². The minimum absolute atomic E-state index is 0.399. The molecule has 0 spiro atoms. The molecule has 1 aromatic heterocycles. The van der Waals surface area contributed by atoms with Crippen molar-refractivity contribution in [1.29, 1.82) is 0 Å². The second-order valence-electron chi connectivity index (χ2n) is 4.91. The Morgan fingerprint density at radius 1 is 1.37 bits per heavy atom. The molecule has 0 fully saturated rings. The topological polar surface area (TPSA) is 39.1 Å². The molecular formula is C15H23N3O. The minimum Gasteiger partial charge on any atom is -0.383 e. The molecule has 4 heteroatoms. The Labute approximate surface area is 114 Å². The Morgan fingerprint density at radius 3 is 2.89 bits per heavy atom. The third kappa shape index (κ3) is 3.33. The molecule has 2 aromatic rings. The molecule has 4 nitrogen and oxygen atoms in total. The number of hydrogen-bond acceptors (Lipinski definition) is 3. The van der Waals surface area contributed by atoms with Crippen LogP contribution in [0.5, 0.6) is 0 Å². The van der Waals surface area contributed by atoms with Crippen molar-refractivity contribution in [2.24, 2.45) is 7.05 Å². The van der Waals surface area contributed by atoms with Gasteiger partial charge in [-0.1, -0.05) is 31.5 Å². The monoisotopic (exact) mass is 261 g/mol. The Hall–Kier alpha value is -1.39. The first-order valence-electron chi connectivity index (χ1n) is 6.89. The van der Waals surface area contributed by atoms with Crippen molar-refractivity contribution < 1.29 is 4.74 Å². The number of ether oxygens (including phenoxy) is 1. The summed E-state index contributed by atoms with van der Waals surface area (Å²) in [4.78, 5) is 0. The molecule has 1 N–H and O–H groups in total. The average molecular weight is 261 g/mol. The molecule has 19 heavy (non-hydrogen) atoms. The molecule has 1 aromatic carbocycles. The zero-order valence-electron chi connectivity index (χ0n) is 12.0. The number of rotatable bonds is 7. The van der Waals surface area contributed by atoms with Crippen molar-refractivity contribution in [3.63, 3.8) is 0 Å². The fourth-order valence-electron chi connectivity index (χ4n) is 2.45. The normalized spacial score (nSPS) is 13.0. The van der Waals surface area contributed by atoms with Gasteiger partial charge in [0.2, 0.25) is 0 Å². The summed E-state index contributed by atoms with van der Waals surface area (Å²) in [5.74, 6) is 0. The Morgan fingerprint density at radius 2 is 2.16 bits per heavy atom. The van der Waals surface area contributed by atoms with Crippen LogP contribution in [0, 0.1) is 0 Å². The molecule has 0 aliphatic heterocycles. The first kappa shape index (κ1) is 14.0. The molecule has 1 unspecified atom stereocenters. The predicted molar refractivity (Wildman–Crippen MR) is 78.1 cm³/mol. The van der Waals surface area contributed by atoms with E-state index in [9.17, 15) is 0 Å². The van der Waals surface area contributed by atoms with Crippen LogP contribution in [0.1, 0.15) is 25.5 Å². The lowest BCUT2D eigenvalue weighted by Crippen LogP contribution is -2.32. The maximum atomic E-state index is 5.25. The summed E-state index contributed by atoms with van der Waals surface area (Å²) >= 11 is 0. The zero-order chi connectivity index (χ0) is 13.7. The van der Waals surface area contributed by atoms with Crippen LogP contribution in [0.25, 0.3) is 10.9 Å². The van der Waals surface area contributed by atoms with E-state index in [1.54, 1.807) is 7.11 Å². The highest BCUT2D eigenvalue weighted by Gasteiger charge is 2.11. The highest BCUT2D eigenvalue weighted by Crippen LogP contribution is 2.17. The summed E-state index contributed by atoms with van der Waals surface area (Å²) in [6.45, 7) is 3.73. The number of nitrogens with zero attached hydrogens (tertiary/aromatic N) is 2. The molecule has 104 valence electrons. The van der Waals surface area contributed by atoms with Gasteiger partial charge in [-0.15, -0.1) is 0 Å². The number of para-hydroxylation sites is 1. The second kappa shape index (κ2) is 6.68. The standard InChI is InChI=1S/C15H23N3O/c1-4-7-12(11-19-3)16-10-14-13-8-5-6-9-15(13)18(2)17-14/h5-6,8-9,12,16H,4,7,10-11H2,1-3H3. The van der Waals surface area contributed by atoms with Crippen LogP contribution in [0.4, 0.5) is 0 Å². The summed E-state index contributed by atoms with van der Waals surface area (Å²) < 4.78 is 7.19. The highest BCUT2D eigenvalue weighted by atomic mass is 16.5. The van der Waals surface area contributed by atoms with Crippen molar-refractivity contribution in [2.75, 3.05) is 13.7 Å². The minimum atomic E-state index is 0.399. The van der Waals surface area contributed by atoms with Gasteiger partial charge in [-0.3, -0.25) is 4.68 Å². The van der Waals surface area contributed by atoms with Crippen LogP contribution in [0.15, 0.2) is 24.3 Å². The van der Waals surface area contributed by atoms with Crippen molar-refractivity contribution in [1.82, 2.24) is 15.1 Å². The van der Waals surface area contributed by atoms with Gasteiger partial charge in [0.1, 0.15) is 0 Å². The van der Waals surface area contributed by atoms with Gasteiger partial charge in [-0.25, -0.2) is 0 Å². The van der Waals surface area contributed by atoms with Gasteiger partial charge in [0.25, 0.3) is 0 Å². The number of hydrogen-bond donors (Lipinski definition) is 1. The molecule has 0 aliphatic carbocycles. The van der Waals surface area contributed by atoms with E-state index in [0.717, 1.165) is 31.7 Å². The third-order valence-electron chi connectivity index (χ3n) is 3.40. The Balaban J connectivity index is 2.08. The summed E-state index contributed by atoms with van der Waals surface area (Å²) in [5, 5.41) is 9.36. The van der Waals surface area contributed by atoms with E-state index in [1.807, 2.05) is 17.8 Å². The van der Waals surface area contributed by atoms with Gasteiger partial charge in [0.05, 0.1) is 17.8 Å². The molecule has 0 radical (unpaired) electrons. The van der Waals surface area contributed by atoms with Crippen LogP contribution >= 0.6 is 0 Å². The summed E-state index contributed by atoms with van der Waals surface area (Å²) in [5.41, 5.74) is 2.29. The van der Waals surface area contributed by atoms with E-state index in [-0.39, 0.29) is 0 Å². The SMILES string of the molecule is CCCC(COC)NCc1nn(C)c2ccccc12. The quantitative estimate of drug-likeness (QED) is 0.832. The van der Waals surface area contributed by atoms with Gasteiger partial charge in [0, 0.05) is 32.1 Å². The Bertz CT molecular complexity index is 515. The molecule has 1 heterocycles. The number of fused-ring (bicyclic) bond motifs is 1. The average Bonchev–Trinajstić information content (AvgIpc) is 2.74. The van der Waals surface area contributed by atoms with Gasteiger partial charge in [-0.2, -0.15) is 5.10 Å². The smallest absolute Gasteiger partial charge is 0.0841 e. The predicted octanol–water partition coefficient (Wildman–Crippen LogP) is 2.48. The van der Waals surface area contributed by atoms with E-state index in [0.29, 0.717) is 6.04 Å². The van der Waals surface area contributed by atoms with Gasteiger partial charge < -0.3 is 10.1 Å². The number of benzene rings is 1. The first-order chi connectivity index (χ1) is 9.26. The van der Waals surface area contributed by atoms with E-state index >= 15 is 0 Å². The molecular weight excluding hydrogens is 238 g/mol. The zero-order valence-corrected chi connectivity index (χ0v) is 12.0. The molecule has 2 rings (SSSR count). The van der Waals surface area contributed by atoms with Crippen molar-refractivity contribution in [2.45, 2.75) is 32.4 Å². The lowest BCUT2D eigenvalue weighted by molar-refractivity contribution is 0.161. The molecule has 0 amide bonds. The highest BCUT2D eigenvalue weighted by molar-refractivity contribution is 5.81. The van der Waals surface area contributed by atoms with E-state index in [4.69, 9.17) is 4.74 Å². The molecule has 0 saturated heterocycles. The van der Waals surface area contributed by atoms with Crippen LogP contribution < -0.4 is 5.32 Å². The van der Waals surface area contributed by atoms with Crippen LogP contribution in [-0.2, 0) is 18.3 Å². The second-order valence-corrected chi connectivity index (χ2v) is 4.91. The van der Waals surface area contributed by atoms with Gasteiger partial charge >= 0.3 is 0 Å². The molecule has 1 atom stereocenters. The summed E-state index contributed by atoms with van der Waals surface area (Å²) in [6.07, 6.45) is 2.28. The number of aryl methyl sites for hydroxylation is 1. The number of aromatic nitrogens is 2. The van der Waals surface area contributed by atoms with Gasteiger partial charge in [-0.05, 0) is 12.5 Å². The number of methoxy groups -OCH3 is 1. The lowest BCUT2D eigenvalue weighted by atomic mass is 10.1. The van der Waals surface area contributed by atoms with Crippen molar-refractivity contribution in [3.05, 3.63) is 30.0 Å². The van der Waals surface area contributed by atoms with Crippen LogP contribution in [0.3, 0.4) is 0 Å². The molecule has 0 aliphatic rings. The number of nitrogens with one attached hydrogen (secondary N) is 1. The summed E-state index contributed by atoms with van der Waals surface area (Å²) in [7, 11) is 3.74. The van der Waals surface area contributed by atoms with Crippen LogP contribution in [0.2, 0.25) is 0 Å². The Kier molecular flexibility index (Phi) is 4.93. The largest absolute Gasteiger partial charge is 0.383 e. The van der Waals surface area contributed by atoms with Crippen LogP contribution in [-0.4, -0.2) is 29.5 Å². The van der Waals surface area contributed by atoms with E-state index in [1.165, 1.54) is 10.9 Å². The molecule has 0 saturated carbocycles. The summed E-state index contributed by atoms with van der Waals surface area (Å²) in [6, 6.07) is 8.74. The van der Waals surface area contributed by atoms with E-state index < -0.39 is 0 Å². The van der Waals surface area contributed by atoms with E-state index in [2.05, 4.69) is 35.5 Å². The fraction of sp³-hybridized carbons (Fsp3) is 0.533. The lowest BCUT2D eigenvalue weighted by Gasteiger charge is -2.16. The maximum Gasteiger partial charge on any atom is 0.0841 e. The molecule has 0 bridgehead atoms. The van der Waals surface area contributed by atoms with Gasteiger partial charge in [0.15, 0.2) is 0 Å². The first-order valence-corrected chi connectivity index (χ1v) is 6.89. The maximum absolute atomic E-state index is 5.25. The third-order valence-corrected chi connectivity index (χ3v) is 3.40. The van der Waals surface area contributed by atoms with Crippen molar-refractivity contribution in [3.8, 4) is 0 Å². The fourth-order valence-corrected chi connectivity index (χ4v) is 2.45.